The predicted molar refractivity (Wildman–Crippen MR) is 36.3 cm³/mol. The fraction of sp³-hybridized carbons (Fsp3) is 1.00. The van der Waals surface area contributed by atoms with E-state index >= 15 is 0 Å². The minimum absolute atomic E-state index is 0.0273. The highest BCUT2D eigenvalue weighted by molar-refractivity contribution is 4.77. The van der Waals surface area contributed by atoms with E-state index in [1.165, 1.54) is 0 Å². The molecule has 0 aromatic heterocycles. The van der Waals surface area contributed by atoms with Crippen LogP contribution in [0.3, 0.4) is 0 Å². The van der Waals surface area contributed by atoms with Crippen molar-refractivity contribution in [3.05, 3.63) is 0 Å². The monoisotopic (exact) mass is 164 g/mol. The number of aliphatic hydroxyl groups excluding tert-OH is 1. The van der Waals surface area contributed by atoms with Gasteiger partial charge in [-0.2, -0.15) is 4.94 Å². The van der Waals surface area contributed by atoms with E-state index in [1.54, 1.807) is 6.92 Å². The van der Waals surface area contributed by atoms with Crippen LogP contribution in [0.1, 0.15) is 20.3 Å². The van der Waals surface area contributed by atoms with Crippen LogP contribution in [0.15, 0.2) is 0 Å². The van der Waals surface area contributed by atoms with Crippen LogP contribution in [0.4, 0.5) is 4.53 Å². The SMILES string of the molecule is C[C@@H]1O[C@@H](OF)C[C@H](C)[C@H]1O. The van der Waals surface area contributed by atoms with Crippen molar-refractivity contribution in [2.75, 3.05) is 0 Å². The second-order valence-corrected chi connectivity index (χ2v) is 3.06. The highest BCUT2D eigenvalue weighted by atomic mass is 19.3. The Morgan fingerprint density at radius 2 is 2.18 bits per heavy atom. The summed E-state index contributed by atoms with van der Waals surface area (Å²) in [4.78, 5) is 3.55. The molecule has 3 nitrogen and oxygen atoms in total. The molecular formula is C7H13FO3. The first-order valence-corrected chi connectivity index (χ1v) is 3.76. The topological polar surface area (TPSA) is 38.7 Å². The fourth-order valence-corrected chi connectivity index (χ4v) is 1.34. The minimum atomic E-state index is -0.802. The van der Waals surface area contributed by atoms with E-state index in [4.69, 9.17) is 4.74 Å². The van der Waals surface area contributed by atoms with E-state index < -0.39 is 12.4 Å². The molecule has 4 atom stereocenters. The molecular weight excluding hydrogens is 151 g/mol. The van der Waals surface area contributed by atoms with Gasteiger partial charge in [0.25, 0.3) is 0 Å². The van der Waals surface area contributed by atoms with Crippen LogP contribution in [-0.2, 0) is 9.68 Å². The van der Waals surface area contributed by atoms with E-state index in [0.717, 1.165) is 0 Å². The summed E-state index contributed by atoms with van der Waals surface area (Å²) in [6.45, 7) is 3.54. The van der Waals surface area contributed by atoms with Crippen LogP contribution in [-0.4, -0.2) is 23.6 Å². The minimum Gasteiger partial charge on any atom is -0.390 e. The normalized spacial score (nSPS) is 45.8. The molecule has 1 heterocycles. The number of hydrogen-bond acceptors (Lipinski definition) is 3. The Hall–Kier alpha value is -0.190. The van der Waals surface area contributed by atoms with Crippen molar-refractivity contribution in [3.8, 4) is 0 Å². The van der Waals surface area contributed by atoms with E-state index in [2.05, 4.69) is 4.94 Å². The smallest absolute Gasteiger partial charge is 0.197 e. The Bertz CT molecular complexity index is 119. The van der Waals surface area contributed by atoms with Gasteiger partial charge in [-0.1, -0.05) is 6.92 Å². The molecule has 0 spiro atoms. The molecule has 0 aromatic carbocycles. The number of hydrogen-bond donors (Lipinski definition) is 1. The zero-order chi connectivity index (χ0) is 8.43. The third-order valence-electron chi connectivity index (χ3n) is 2.09. The number of rotatable bonds is 1. The van der Waals surface area contributed by atoms with Crippen molar-refractivity contribution in [1.29, 1.82) is 0 Å². The van der Waals surface area contributed by atoms with Gasteiger partial charge < -0.3 is 9.84 Å². The van der Waals surface area contributed by atoms with Crippen LogP contribution >= 0.6 is 0 Å². The Balaban J connectivity index is 2.47. The van der Waals surface area contributed by atoms with Crippen LogP contribution in [0.25, 0.3) is 0 Å². The van der Waals surface area contributed by atoms with Crippen molar-refractivity contribution in [1.82, 2.24) is 0 Å². The fourth-order valence-electron chi connectivity index (χ4n) is 1.34. The van der Waals surface area contributed by atoms with Gasteiger partial charge in [0, 0.05) is 6.42 Å². The highest BCUT2D eigenvalue weighted by Gasteiger charge is 2.33. The molecule has 1 rings (SSSR count). The van der Waals surface area contributed by atoms with Gasteiger partial charge in [0.15, 0.2) is 6.29 Å². The molecule has 1 aliphatic rings. The second-order valence-electron chi connectivity index (χ2n) is 3.06. The van der Waals surface area contributed by atoms with E-state index in [-0.39, 0.29) is 12.0 Å². The van der Waals surface area contributed by atoms with Gasteiger partial charge in [-0.05, 0) is 17.4 Å². The van der Waals surface area contributed by atoms with Gasteiger partial charge >= 0.3 is 0 Å². The van der Waals surface area contributed by atoms with E-state index in [9.17, 15) is 9.63 Å². The zero-order valence-electron chi connectivity index (χ0n) is 6.66. The van der Waals surface area contributed by atoms with Gasteiger partial charge in [-0.25, -0.2) is 0 Å². The number of ether oxygens (including phenoxy) is 1. The molecule has 1 aliphatic heterocycles. The van der Waals surface area contributed by atoms with Crippen molar-refractivity contribution in [3.63, 3.8) is 0 Å². The average Bonchev–Trinajstić information content (AvgIpc) is 1.99. The lowest BCUT2D eigenvalue weighted by Gasteiger charge is -2.33. The van der Waals surface area contributed by atoms with Crippen LogP contribution in [0, 0.1) is 5.92 Å². The number of aliphatic hydroxyl groups is 1. The Morgan fingerprint density at radius 1 is 1.55 bits per heavy atom. The van der Waals surface area contributed by atoms with Gasteiger partial charge in [-0.15, -0.1) is 0 Å². The molecule has 66 valence electrons. The summed E-state index contributed by atoms with van der Waals surface area (Å²) < 4.78 is 16.6. The summed E-state index contributed by atoms with van der Waals surface area (Å²) in [6.07, 6.45) is -1.26. The van der Waals surface area contributed by atoms with Crippen LogP contribution in [0.5, 0.6) is 0 Å². The first kappa shape index (κ1) is 8.90. The lowest BCUT2D eigenvalue weighted by atomic mass is 9.94. The molecule has 1 fully saturated rings. The first-order valence-electron chi connectivity index (χ1n) is 3.76. The van der Waals surface area contributed by atoms with Gasteiger partial charge in [0.1, 0.15) is 0 Å². The zero-order valence-corrected chi connectivity index (χ0v) is 6.66. The molecule has 0 aromatic rings. The molecule has 0 radical (unpaired) electrons. The summed E-state index contributed by atoms with van der Waals surface area (Å²) in [7, 11) is 0. The summed E-state index contributed by atoms with van der Waals surface area (Å²) in [5, 5.41) is 9.36. The lowest BCUT2D eigenvalue weighted by molar-refractivity contribution is -0.317. The summed E-state index contributed by atoms with van der Waals surface area (Å²) in [5.74, 6) is 0.0273. The Kier molecular flexibility index (Phi) is 2.81. The van der Waals surface area contributed by atoms with Crippen molar-refractivity contribution in [2.45, 2.75) is 38.8 Å². The van der Waals surface area contributed by atoms with Crippen molar-refractivity contribution in [2.24, 2.45) is 5.92 Å². The van der Waals surface area contributed by atoms with Crippen molar-refractivity contribution < 1.29 is 19.3 Å². The van der Waals surface area contributed by atoms with Crippen LogP contribution in [0.2, 0.25) is 0 Å². The maximum atomic E-state index is 11.6. The molecule has 0 amide bonds. The van der Waals surface area contributed by atoms with Gasteiger partial charge in [-0.3, -0.25) is 0 Å². The average molecular weight is 164 g/mol. The maximum absolute atomic E-state index is 11.6. The molecule has 0 aliphatic carbocycles. The Morgan fingerprint density at radius 3 is 2.64 bits per heavy atom. The molecule has 1 saturated heterocycles. The first-order chi connectivity index (χ1) is 5.15. The third-order valence-corrected chi connectivity index (χ3v) is 2.09. The van der Waals surface area contributed by atoms with Crippen LogP contribution < -0.4 is 0 Å². The standard InChI is InChI=1S/C7H13FO3/c1-4-3-6(11-8)10-5(2)7(4)9/h4-7,9H,3H2,1-2H3/t4-,5-,6-,7+/m0/s1. The van der Waals surface area contributed by atoms with E-state index in [1.807, 2.05) is 6.92 Å². The summed E-state index contributed by atoms with van der Waals surface area (Å²) in [6, 6.07) is 0. The second kappa shape index (κ2) is 3.47. The third kappa shape index (κ3) is 1.89. The van der Waals surface area contributed by atoms with Gasteiger partial charge in [0.05, 0.1) is 12.2 Å². The molecule has 0 unspecified atom stereocenters. The Labute approximate surface area is 65.0 Å². The van der Waals surface area contributed by atoms with Gasteiger partial charge in [0.2, 0.25) is 0 Å². The predicted octanol–water partition coefficient (Wildman–Crippen LogP) is 1.02. The molecule has 1 N–H and O–H groups in total. The summed E-state index contributed by atoms with van der Waals surface area (Å²) in [5.41, 5.74) is 0. The van der Waals surface area contributed by atoms with E-state index in [0.29, 0.717) is 6.42 Å². The molecule has 0 bridgehead atoms. The summed E-state index contributed by atoms with van der Waals surface area (Å²) >= 11 is 0. The quantitative estimate of drug-likeness (QED) is 0.628. The molecule has 4 heteroatoms. The molecule has 0 saturated carbocycles. The highest BCUT2D eigenvalue weighted by Crippen LogP contribution is 2.25. The maximum Gasteiger partial charge on any atom is 0.197 e. The molecule has 11 heavy (non-hydrogen) atoms. The largest absolute Gasteiger partial charge is 0.390 e. The van der Waals surface area contributed by atoms with Crippen molar-refractivity contribution >= 4 is 0 Å². The number of halogens is 1. The lowest BCUT2D eigenvalue weighted by Crippen LogP contribution is -2.42.